The van der Waals surface area contributed by atoms with Crippen LogP contribution in [-0.2, 0) is 9.53 Å². The van der Waals surface area contributed by atoms with Crippen LogP contribution in [0.1, 0.15) is 51.0 Å². The van der Waals surface area contributed by atoms with E-state index in [1.807, 2.05) is 38.3 Å². The minimum atomic E-state index is -0.833. The molecule has 1 amide bonds. The largest absolute Gasteiger partial charge is 0.481 e. The Labute approximate surface area is 146 Å². The van der Waals surface area contributed by atoms with E-state index in [1.54, 1.807) is 16.2 Å². The van der Waals surface area contributed by atoms with Crippen LogP contribution in [0.25, 0.3) is 0 Å². The number of carbonyl (C=O) groups is 2. The molecule has 24 heavy (non-hydrogen) atoms. The molecule has 0 radical (unpaired) electrons. The summed E-state index contributed by atoms with van der Waals surface area (Å²) in [5.74, 6) is -0.833. The lowest BCUT2D eigenvalue weighted by Gasteiger charge is -2.36. The van der Waals surface area contributed by atoms with E-state index in [9.17, 15) is 9.59 Å². The van der Waals surface area contributed by atoms with E-state index in [2.05, 4.69) is 5.32 Å². The van der Waals surface area contributed by atoms with Crippen molar-refractivity contribution in [1.82, 2.24) is 10.2 Å². The monoisotopic (exact) mass is 354 g/mol. The second-order valence-electron chi connectivity index (χ2n) is 7.10. The van der Waals surface area contributed by atoms with Gasteiger partial charge in [-0.3, -0.25) is 4.79 Å². The second kappa shape index (κ2) is 7.98. The highest BCUT2D eigenvalue weighted by atomic mass is 32.1. The number of piperidine rings is 1. The van der Waals surface area contributed by atoms with E-state index in [1.165, 1.54) is 0 Å². The van der Waals surface area contributed by atoms with Gasteiger partial charge in [0.1, 0.15) is 5.60 Å². The Morgan fingerprint density at radius 2 is 2.25 bits per heavy atom. The Balaban J connectivity index is 1.97. The van der Waals surface area contributed by atoms with Crippen molar-refractivity contribution in [2.75, 3.05) is 13.1 Å². The molecule has 134 valence electrons. The lowest BCUT2D eigenvalue weighted by molar-refractivity contribution is -0.137. The third-order valence-corrected chi connectivity index (χ3v) is 4.76. The summed E-state index contributed by atoms with van der Waals surface area (Å²) < 4.78 is 5.43. The normalized spacial score (nSPS) is 19.8. The van der Waals surface area contributed by atoms with Crippen LogP contribution in [0.4, 0.5) is 4.79 Å². The van der Waals surface area contributed by atoms with E-state index >= 15 is 0 Å². The second-order valence-corrected chi connectivity index (χ2v) is 8.08. The number of ether oxygens (including phenoxy) is 1. The minimum absolute atomic E-state index is 0.0312. The molecule has 1 fully saturated rings. The lowest BCUT2D eigenvalue weighted by Crippen LogP contribution is -2.50. The molecule has 1 aliphatic heterocycles. The van der Waals surface area contributed by atoms with Gasteiger partial charge < -0.3 is 20.1 Å². The molecule has 1 aliphatic rings. The summed E-state index contributed by atoms with van der Waals surface area (Å²) >= 11 is 1.55. The maximum atomic E-state index is 12.2. The van der Waals surface area contributed by atoms with E-state index in [0.717, 1.165) is 17.7 Å². The number of thiophene rings is 1. The van der Waals surface area contributed by atoms with Crippen molar-refractivity contribution < 1.29 is 19.4 Å². The molecule has 0 aliphatic carbocycles. The zero-order chi connectivity index (χ0) is 17.7. The predicted molar refractivity (Wildman–Crippen MR) is 93.3 cm³/mol. The number of rotatable bonds is 5. The highest BCUT2D eigenvalue weighted by Crippen LogP contribution is 2.24. The van der Waals surface area contributed by atoms with Crippen LogP contribution in [0.2, 0.25) is 0 Å². The summed E-state index contributed by atoms with van der Waals surface area (Å²) in [4.78, 5) is 26.1. The standard InChI is InChI=1S/C17H26N2O4S/c1-17(2,3)23-16(22)19-8-4-6-12(11-19)18-13(10-15(20)21)14-7-5-9-24-14/h5,7,9,12-13,18H,4,6,8,10-11H2,1-3H3,(H,20,21). The summed E-state index contributed by atoms with van der Waals surface area (Å²) in [5.41, 5.74) is -0.514. The fourth-order valence-corrected chi connectivity index (χ4v) is 3.58. The first-order valence-corrected chi connectivity index (χ1v) is 9.12. The molecule has 1 aromatic rings. The molecule has 6 nitrogen and oxygen atoms in total. The average Bonchev–Trinajstić information content (AvgIpc) is 2.99. The fourth-order valence-electron chi connectivity index (χ4n) is 2.80. The van der Waals surface area contributed by atoms with Crippen LogP contribution in [0.15, 0.2) is 17.5 Å². The SMILES string of the molecule is CC(C)(C)OC(=O)N1CCCC(NC(CC(=O)O)c2cccs2)C1. The lowest BCUT2D eigenvalue weighted by atomic mass is 10.0. The van der Waals surface area contributed by atoms with Gasteiger partial charge in [-0.15, -0.1) is 11.3 Å². The Morgan fingerprint density at radius 1 is 1.50 bits per heavy atom. The Bertz CT molecular complexity index is 553. The van der Waals surface area contributed by atoms with Crippen LogP contribution in [0.3, 0.4) is 0 Å². The minimum Gasteiger partial charge on any atom is -0.481 e. The smallest absolute Gasteiger partial charge is 0.410 e. The van der Waals surface area contributed by atoms with Crippen molar-refractivity contribution in [3.8, 4) is 0 Å². The van der Waals surface area contributed by atoms with Crippen molar-refractivity contribution >= 4 is 23.4 Å². The van der Waals surface area contributed by atoms with Gasteiger partial charge in [-0.25, -0.2) is 4.79 Å². The third-order valence-electron chi connectivity index (χ3n) is 3.78. The molecule has 0 spiro atoms. The van der Waals surface area contributed by atoms with E-state index in [-0.39, 0.29) is 24.6 Å². The summed E-state index contributed by atoms with van der Waals surface area (Å²) in [6, 6.07) is 3.70. The number of carboxylic acid groups (broad SMARTS) is 1. The van der Waals surface area contributed by atoms with Gasteiger partial charge >= 0.3 is 12.1 Å². The van der Waals surface area contributed by atoms with Gasteiger partial charge in [0.15, 0.2) is 0 Å². The van der Waals surface area contributed by atoms with Gasteiger partial charge in [0.25, 0.3) is 0 Å². The molecule has 7 heteroatoms. The van der Waals surface area contributed by atoms with E-state index in [4.69, 9.17) is 9.84 Å². The van der Waals surface area contributed by atoms with Crippen LogP contribution in [-0.4, -0.2) is 46.8 Å². The van der Waals surface area contributed by atoms with Crippen LogP contribution in [0, 0.1) is 0 Å². The third kappa shape index (κ3) is 5.79. The first kappa shape index (κ1) is 18.7. The van der Waals surface area contributed by atoms with Crippen molar-refractivity contribution in [3.05, 3.63) is 22.4 Å². The van der Waals surface area contributed by atoms with Crippen molar-refractivity contribution in [2.24, 2.45) is 0 Å². The Kier molecular flexibility index (Phi) is 6.23. The number of likely N-dealkylation sites (tertiary alicyclic amines) is 1. The number of aliphatic carboxylic acids is 1. The predicted octanol–water partition coefficient (Wildman–Crippen LogP) is 3.25. The van der Waals surface area contributed by atoms with Crippen LogP contribution < -0.4 is 5.32 Å². The molecular formula is C17H26N2O4S. The molecule has 2 rings (SSSR count). The molecule has 2 heterocycles. The number of carbonyl (C=O) groups excluding carboxylic acids is 1. The fraction of sp³-hybridized carbons (Fsp3) is 0.647. The molecule has 1 aromatic heterocycles. The van der Waals surface area contributed by atoms with Gasteiger partial charge in [-0.2, -0.15) is 0 Å². The Hall–Kier alpha value is -1.60. The summed E-state index contributed by atoms with van der Waals surface area (Å²) in [6.45, 7) is 6.77. The summed E-state index contributed by atoms with van der Waals surface area (Å²) in [7, 11) is 0. The molecule has 0 aromatic carbocycles. The van der Waals surface area contributed by atoms with Gasteiger partial charge in [-0.1, -0.05) is 6.07 Å². The first-order chi connectivity index (χ1) is 11.2. The molecule has 0 bridgehead atoms. The van der Waals surface area contributed by atoms with E-state index < -0.39 is 11.6 Å². The van der Waals surface area contributed by atoms with Gasteiger partial charge in [-0.05, 0) is 45.1 Å². The van der Waals surface area contributed by atoms with Gasteiger partial charge in [0.2, 0.25) is 0 Å². The zero-order valence-corrected chi connectivity index (χ0v) is 15.3. The van der Waals surface area contributed by atoms with E-state index in [0.29, 0.717) is 13.1 Å². The van der Waals surface area contributed by atoms with Gasteiger partial charge in [0, 0.05) is 24.0 Å². The van der Waals surface area contributed by atoms with Crippen molar-refractivity contribution in [1.29, 1.82) is 0 Å². The highest BCUT2D eigenvalue weighted by molar-refractivity contribution is 7.10. The topological polar surface area (TPSA) is 78.9 Å². The number of amides is 1. The van der Waals surface area contributed by atoms with Crippen LogP contribution in [0.5, 0.6) is 0 Å². The molecular weight excluding hydrogens is 328 g/mol. The van der Waals surface area contributed by atoms with Crippen molar-refractivity contribution in [3.63, 3.8) is 0 Å². The number of nitrogens with zero attached hydrogens (tertiary/aromatic N) is 1. The number of hydrogen-bond acceptors (Lipinski definition) is 5. The van der Waals surface area contributed by atoms with Gasteiger partial charge in [0.05, 0.1) is 12.5 Å². The maximum absolute atomic E-state index is 12.2. The Morgan fingerprint density at radius 3 is 2.83 bits per heavy atom. The van der Waals surface area contributed by atoms with Crippen LogP contribution >= 0.6 is 11.3 Å². The quantitative estimate of drug-likeness (QED) is 0.848. The molecule has 2 atom stereocenters. The molecule has 2 unspecified atom stereocenters. The zero-order valence-electron chi connectivity index (χ0n) is 14.4. The highest BCUT2D eigenvalue weighted by Gasteiger charge is 2.29. The summed E-state index contributed by atoms with van der Waals surface area (Å²) in [6.07, 6.45) is 1.52. The number of hydrogen-bond donors (Lipinski definition) is 2. The van der Waals surface area contributed by atoms with Crippen molar-refractivity contribution in [2.45, 2.75) is 57.7 Å². The molecule has 1 saturated heterocycles. The number of nitrogens with one attached hydrogen (secondary N) is 1. The summed E-state index contributed by atoms with van der Waals surface area (Å²) in [5, 5.41) is 14.5. The average molecular weight is 354 g/mol. The molecule has 0 saturated carbocycles. The number of carboxylic acids is 1. The molecule has 2 N–H and O–H groups in total. The maximum Gasteiger partial charge on any atom is 0.410 e. The first-order valence-electron chi connectivity index (χ1n) is 8.24.